The molecule has 0 aliphatic carbocycles. The lowest BCUT2D eigenvalue weighted by molar-refractivity contribution is -0.285. The summed E-state index contributed by atoms with van der Waals surface area (Å²) in [5.74, 6) is 0.751. The van der Waals surface area contributed by atoms with Crippen LogP contribution < -0.4 is 11.1 Å². The van der Waals surface area contributed by atoms with E-state index in [1.807, 2.05) is 13.0 Å². The van der Waals surface area contributed by atoms with Crippen molar-refractivity contribution in [2.45, 2.75) is 84.8 Å². The van der Waals surface area contributed by atoms with Crippen LogP contribution in [0.25, 0.3) is 0 Å². The fraction of sp³-hybridized carbons (Fsp3) is 0.727. The van der Waals surface area contributed by atoms with E-state index < -0.39 is 0 Å². The number of anilines is 1. The van der Waals surface area contributed by atoms with Gasteiger partial charge in [0.2, 0.25) is 5.91 Å². The molecule has 0 saturated carbocycles. The fourth-order valence-corrected chi connectivity index (χ4v) is 4.27. The van der Waals surface area contributed by atoms with Gasteiger partial charge in [-0.15, -0.1) is 0 Å². The molecule has 1 aromatic rings. The van der Waals surface area contributed by atoms with Gasteiger partial charge in [0, 0.05) is 29.7 Å². The van der Waals surface area contributed by atoms with E-state index in [4.69, 9.17) is 10.6 Å². The Labute approximate surface area is 170 Å². The number of amides is 1. The molecule has 1 fully saturated rings. The van der Waals surface area contributed by atoms with E-state index in [-0.39, 0.29) is 22.9 Å². The van der Waals surface area contributed by atoms with Crippen molar-refractivity contribution >= 4 is 11.7 Å². The van der Waals surface area contributed by atoms with E-state index in [2.05, 4.69) is 50.0 Å². The molecule has 2 heterocycles. The minimum atomic E-state index is -0.0693. The maximum atomic E-state index is 12.4. The van der Waals surface area contributed by atoms with E-state index in [1.54, 1.807) is 12.3 Å². The predicted molar refractivity (Wildman–Crippen MR) is 113 cm³/mol. The second kappa shape index (κ2) is 9.23. The van der Waals surface area contributed by atoms with Gasteiger partial charge in [0.1, 0.15) is 5.82 Å². The summed E-state index contributed by atoms with van der Waals surface area (Å²) < 4.78 is 0. The maximum absolute atomic E-state index is 12.4. The average molecular weight is 391 g/mol. The van der Waals surface area contributed by atoms with Gasteiger partial charge in [-0.1, -0.05) is 13.8 Å². The van der Waals surface area contributed by atoms with Gasteiger partial charge in [-0.05, 0) is 77.0 Å². The lowest BCUT2D eigenvalue weighted by Crippen LogP contribution is -2.58. The number of hydrogen-bond donors (Lipinski definition) is 2. The van der Waals surface area contributed by atoms with Crippen LogP contribution in [0.3, 0.4) is 0 Å². The van der Waals surface area contributed by atoms with Gasteiger partial charge >= 0.3 is 0 Å². The summed E-state index contributed by atoms with van der Waals surface area (Å²) in [5, 5.41) is 5.18. The molecule has 6 nitrogen and oxygen atoms in total. The van der Waals surface area contributed by atoms with Gasteiger partial charge in [-0.25, -0.2) is 4.98 Å². The van der Waals surface area contributed by atoms with E-state index in [1.165, 1.54) is 6.42 Å². The highest BCUT2D eigenvalue weighted by atomic mass is 16.7. The number of rotatable bonds is 8. The SMILES string of the molecule is CC(CON1C(C)(C)CCCC1(C)C)CC(C)C(=O)NCc1ccnc(N)c1. The molecule has 1 aliphatic heterocycles. The van der Waals surface area contributed by atoms with Crippen molar-refractivity contribution < 1.29 is 9.63 Å². The van der Waals surface area contributed by atoms with Gasteiger partial charge in [0.15, 0.2) is 0 Å². The number of hydroxylamine groups is 2. The smallest absolute Gasteiger partial charge is 0.223 e. The molecule has 0 aromatic carbocycles. The third-order valence-corrected chi connectivity index (χ3v) is 5.68. The normalized spacial score (nSPS) is 21.1. The summed E-state index contributed by atoms with van der Waals surface area (Å²) in [7, 11) is 0. The van der Waals surface area contributed by atoms with Crippen molar-refractivity contribution in [3.05, 3.63) is 23.9 Å². The molecule has 1 saturated heterocycles. The highest BCUT2D eigenvalue weighted by molar-refractivity contribution is 5.78. The molecule has 28 heavy (non-hydrogen) atoms. The summed E-state index contributed by atoms with van der Waals surface area (Å²) in [6.45, 7) is 14.2. The number of nitrogen functional groups attached to an aromatic ring is 1. The molecule has 3 N–H and O–H groups in total. The van der Waals surface area contributed by atoms with E-state index in [0.29, 0.717) is 24.9 Å². The molecular formula is C22H38N4O2. The number of carbonyl (C=O) groups is 1. The van der Waals surface area contributed by atoms with Crippen LogP contribution in [0.1, 0.15) is 72.8 Å². The van der Waals surface area contributed by atoms with Gasteiger partial charge in [-0.3, -0.25) is 9.63 Å². The number of pyridine rings is 1. The molecule has 0 radical (unpaired) electrons. The third-order valence-electron chi connectivity index (χ3n) is 5.68. The number of aromatic nitrogens is 1. The van der Waals surface area contributed by atoms with Gasteiger partial charge in [0.25, 0.3) is 0 Å². The first-order valence-electron chi connectivity index (χ1n) is 10.4. The topological polar surface area (TPSA) is 80.5 Å². The molecule has 2 atom stereocenters. The zero-order valence-corrected chi connectivity index (χ0v) is 18.4. The number of nitrogens with two attached hydrogens (primary N) is 1. The standard InChI is InChI=1S/C22H38N4O2/c1-16(15-28-26-21(3,4)9-7-10-22(26,5)6)12-17(2)20(27)25-14-18-8-11-24-19(23)13-18/h8,11,13,16-17H,7,9-10,12,14-15H2,1-6H3,(H2,23,24)(H,25,27). The van der Waals surface area contributed by atoms with Crippen LogP contribution in [0.2, 0.25) is 0 Å². The maximum Gasteiger partial charge on any atom is 0.223 e. The molecular weight excluding hydrogens is 352 g/mol. The number of nitrogens with zero attached hydrogens (tertiary/aromatic N) is 2. The van der Waals surface area contributed by atoms with Crippen LogP contribution in [0.5, 0.6) is 0 Å². The molecule has 1 aliphatic rings. The Morgan fingerprint density at radius 1 is 1.29 bits per heavy atom. The van der Waals surface area contributed by atoms with Gasteiger partial charge < -0.3 is 11.1 Å². The Kier molecular flexibility index (Phi) is 7.46. The number of piperidine rings is 1. The molecule has 2 rings (SSSR count). The Bertz CT molecular complexity index is 644. The number of nitrogens with one attached hydrogen (secondary N) is 1. The second-order valence-electron chi connectivity index (χ2n) is 9.62. The molecule has 0 bridgehead atoms. The van der Waals surface area contributed by atoms with Crippen LogP contribution in [0, 0.1) is 11.8 Å². The average Bonchev–Trinajstić information content (AvgIpc) is 2.58. The van der Waals surface area contributed by atoms with Gasteiger partial charge in [0.05, 0.1) is 6.61 Å². The highest BCUT2D eigenvalue weighted by Crippen LogP contribution is 2.38. The zero-order valence-electron chi connectivity index (χ0n) is 18.4. The van der Waals surface area contributed by atoms with Crippen LogP contribution in [-0.2, 0) is 16.2 Å². The van der Waals surface area contributed by atoms with Crippen LogP contribution in [0.4, 0.5) is 5.82 Å². The first-order chi connectivity index (χ1) is 13.0. The number of carbonyl (C=O) groups excluding carboxylic acids is 1. The largest absolute Gasteiger partial charge is 0.384 e. The fourth-order valence-electron chi connectivity index (χ4n) is 4.27. The Balaban J connectivity index is 1.79. The van der Waals surface area contributed by atoms with Crippen molar-refractivity contribution in [3.8, 4) is 0 Å². The summed E-state index contributed by atoms with van der Waals surface area (Å²) in [6.07, 6.45) is 5.96. The highest BCUT2D eigenvalue weighted by Gasteiger charge is 2.42. The van der Waals surface area contributed by atoms with Crippen molar-refractivity contribution in [2.24, 2.45) is 11.8 Å². The number of hydrogen-bond acceptors (Lipinski definition) is 5. The van der Waals surface area contributed by atoms with Crippen molar-refractivity contribution in [2.75, 3.05) is 12.3 Å². The van der Waals surface area contributed by atoms with Crippen LogP contribution in [-0.4, -0.2) is 33.6 Å². The molecule has 6 heteroatoms. The quantitative estimate of drug-likeness (QED) is 0.703. The van der Waals surface area contributed by atoms with E-state index >= 15 is 0 Å². The predicted octanol–water partition coefficient (Wildman–Crippen LogP) is 3.92. The van der Waals surface area contributed by atoms with Crippen molar-refractivity contribution in [3.63, 3.8) is 0 Å². The minimum absolute atomic E-state index is 0.0385. The molecule has 2 unspecified atom stereocenters. The van der Waals surface area contributed by atoms with Crippen molar-refractivity contribution in [1.82, 2.24) is 15.4 Å². The minimum Gasteiger partial charge on any atom is -0.384 e. The summed E-state index contributed by atoms with van der Waals surface area (Å²) >= 11 is 0. The molecule has 158 valence electrons. The van der Waals surface area contributed by atoms with E-state index in [0.717, 1.165) is 24.8 Å². The second-order valence-corrected chi connectivity index (χ2v) is 9.62. The zero-order chi connectivity index (χ0) is 20.9. The summed E-state index contributed by atoms with van der Waals surface area (Å²) in [6, 6.07) is 3.64. The summed E-state index contributed by atoms with van der Waals surface area (Å²) in [5.41, 5.74) is 6.72. The summed E-state index contributed by atoms with van der Waals surface area (Å²) in [4.78, 5) is 22.7. The lowest BCUT2D eigenvalue weighted by Gasteiger charge is -2.51. The Morgan fingerprint density at radius 3 is 2.54 bits per heavy atom. The monoisotopic (exact) mass is 390 g/mol. The molecule has 0 spiro atoms. The molecule has 1 amide bonds. The lowest BCUT2D eigenvalue weighted by atomic mass is 9.82. The molecule has 1 aromatic heterocycles. The Morgan fingerprint density at radius 2 is 1.93 bits per heavy atom. The van der Waals surface area contributed by atoms with Gasteiger partial charge in [-0.2, -0.15) is 5.06 Å². The van der Waals surface area contributed by atoms with Crippen molar-refractivity contribution in [1.29, 1.82) is 0 Å². The van der Waals surface area contributed by atoms with Crippen LogP contribution >= 0.6 is 0 Å². The van der Waals surface area contributed by atoms with E-state index in [9.17, 15) is 4.79 Å². The third kappa shape index (κ3) is 6.17. The Hall–Kier alpha value is -1.66. The first kappa shape index (κ1) is 22.6. The van der Waals surface area contributed by atoms with Crippen LogP contribution in [0.15, 0.2) is 18.3 Å². The first-order valence-corrected chi connectivity index (χ1v) is 10.4.